The quantitative estimate of drug-likeness (QED) is 0.733. The lowest BCUT2D eigenvalue weighted by atomic mass is 9.94. The molecule has 140 valence electrons. The van der Waals surface area contributed by atoms with Crippen molar-refractivity contribution in [3.8, 4) is 0 Å². The van der Waals surface area contributed by atoms with Gasteiger partial charge in [-0.2, -0.15) is 0 Å². The van der Waals surface area contributed by atoms with Gasteiger partial charge in [-0.3, -0.25) is 9.21 Å². The Balaban J connectivity index is 2.21. The van der Waals surface area contributed by atoms with Crippen molar-refractivity contribution in [1.29, 1.82) is 0 Å². The molecule has 0 spiro atoms. The molecule has 3 rings (SSSR count). The number of hydrogen-bond donors (Lipinski definition) is 0. The van der Waals surface area contributed by atoms with Crippen molar-refractivity contribution in [2.24, 2.45) is 0 Å². The maximum absolute atomic E-state index is 13.3. The number of nitrogens with zero attached hydrogens (tertiary/aromatic N) is 2. The smallest absolute Gasteiger partial charge is 0.264 e. The van der Waals surface area contributed by atoms with E-state index in [0.29, 0.717) is 4.90 Å². The molecule has 2 aromatic rings. The molecule has 26 heavy (non-hydrogen) atoms. The van der Waals surface area contributed by atoms with Crippen LogP contribution in [0.5, 0.6) is 0 Å². The maximum Gasteiger partial charge on any atom is 0.264 e. The molecule has 1 atom stereocenters. The lowest BCUT2D eigenvalue weighted by Crippen LogP contribution is -2.27. The predicted molar refractivity (Wildman–Crippen MR) is 107 cm³/mol. The molecule has 2 aromatic carbocycles. The Kier molecular flexibility index (Phi) is 5.39. The summed E-state index contributed by atoms with van der Waals surface area (Å²) < 4.78 is 28.0. The number of benzene rings is 2. The molecular weight excluding hydrogens is 344 g/mol. The fourth-order valence-electron chi connectivity index (χ4n) is 3.76. The van der Waals surface area contributed by atoms with Gasteiger partial charge in [-0.15, -0.1) is 0 Å². The van der Waals surface area contributed by atoms with E-state index in [9.17, 15) is 8.42 Å². The van der Waals surface area contributed by atoms with E-state index in [1.165, 1.54) is 17.1 Å². The molecule has 1 aliphatic rings. The van der Waals surface area contributed by atoms with Crippen molar-refractivity contribution < 1.29 is 8.42 Å². The summed E-state index contributed by atoms with van der Waals surface area (Å²) in [5.74, 6) is 0. The van der Waals surface area contributed by atoms with Crippen molar-refractivity contribution in [1.82, 2.24) is 4.90 Å². The summed E-state index contributed by atoms with van der Waals surface area (Å²) in [6, 6.07) is 13.6. The minimum atomic E-state index is -3.58. The van der Waals surface area contributed by atoms with Crippen LogP contribution in [-0.2, 0) is 10.0 Å². The van der Waals surface area contributed by atoms with Gasteiger partial charge in [-0.25, -0.2) is 8.42 Å². The van der Waals surface area contributed by atoms with Crippen molar-refractivity contribution >= 4 is 15.7 Å². The molecule has 4 nitrogen and oxygen atoms in total. The second-order valence-electron chi connectivity index (χ2n) is 7.16. The first kappa shape index (κ1) is 18.9. The third-order valence-corrected chi connectivity index (χ3v) is 7.05. The number of fused-ring (bicyclic) bond motifs is 2. The van der Waals surface area contributed by atoms with Gasteiger partial charge in [0.05, 0.1) is 16.6 Å². The molecule has 0 N–H and O–H groups in total. The molecule has 5 heteroatoms. The van der Waals surface area contributed by atoms with E-state index in [2.05, 4.69) is 24.9 Å². The van der Waals surface area contributed by atoms with Crippen LogP contribution in [0, 0.1) is 6.92 Å². The Bertz CT molecular complexity index is 893. The van der Waals surface area contributed by atoms with Gasteiger partial charge in [-0.05, 0) is 55.8 Å². The highest BCUT2D eigenvalue weighted by Gasteiger charge is 2.36. The van der Waals surface area contributed by atoms with Crippen molar-refractivity contribution in [2.75, 3.05) is 24.9 Å². The number of anilines is 1. The van der Waals surface area contributed by atoms with Crippen LogP contribution in [-0.4, -0.2) is 34.0 Å². The van der Waals surface area contributed by atoms with Gasteiger partial charge in [0, 0.05) is 7.05 Å². The summed E-state index contributed by atoms with van der Waals surface area (Å²) in [7, 11) is 0.170. The molecule has 0 saturated carbocycles. The van der Waals surface area contributed by atoms with Gasteiger partial charge < -0.3 is 0 Å². The van der Waals surface area contributed by atoms with Crippen LogP contribution in [0.1, 0.15) is 48.9 Å². The van der Waals surface area contributed by atoms with Crippen LogP contribution >= 0.6 is 0 Å². The summed E-state index contributed by atoms with van der Waals surface area (Å²) in [4.78, 5) is 2.71. The molecule has 0 fully saturated rings. The van der Waals surface area contributed by atoms with Gasteiger partial charge in [0.2, 0.25) is 0 Å². The summed E-state index contributed by atoms with van der Waals surface area (Å²) in [5, 5.41) is 0. The number of rotatable bonds is 5. The Labute approximate surface area is 157 Å². The van der Waals surface area contributed by atoms with Gasteiger partial charge in [-0.1, -0.05) is 50.1 Å². The van der Waals surface area contributed by atoms with E-state index >= 15 is 0 Å². The van der Waals surface area contributed by atoms with E-state index in [0.717, 1.165) is 35.3 Å². The first-order chi connectivity index (χ1) is 12.4. The van der Waals surface area contributed by atoms with E-state index in [-0.39, 0.29) is 6.04 Å². The lowest BCUT2D eigenvalue weighted by molar-refractivity contribution is 0.271. The topological polar surface area (TPSA) is 40.6 Å². The largest absolute Gasteiger partial charge is 0.295 e. The SMILES string of the molecule is CCCCCN(C)C1c2ccccc2N(C)S(=O)(=O)c2cc(C)ccc21. The Hall–Kier alpha value is -1.85. The van der Waals surface area contributed by atoms with Crippen LogP contribution in [0.25, 0.3) is 0 Å². The highest BCUT2D eigenvalue weighted by atomic mass is 32.2. The molecule has 1 heterocycles. The van der Waals surface area contributed by atoms with Gasteiger partial charge in [0.1, 0.15) is 0 Å². The zero-order valence-corrected chi connectivity index (χ0v) is 16.9. The van der Waals surface area contributed by atoms with E-state index in [1.54, 1.807) is 13.1 Å². The molecular formula is C21H28N2O2S. The lowest BCUT2D eigenvalue weighted by Gasteiger charge is -2.30. The maximum atomic E-state index is 13.3. The number of unbranched alkanes of at least 4 members (excludes halogenated alkanes) is 2. The Morgan fingerprint density at radius 1 is 1.08 bits per heavy atom. The number of para-hydroxylation sites is 1. The zero-order chi connectivity index (χ0) is 18.9. The van der Waals surface area contributed by atoms with Gasteiger partial charge in [0.15, 0.2) is 0 Å². The fourth-order valence-corrected chi connectivity index (χ4v) is 5.29. The average Bonchev–Trinajstić information content (AvgIpc) is 2.69. The molecule has 0 aliphatic carbocycles. The third kappa shape index (κ3) is 3.26. The molecule has 0 aromatic heterocycles. The predicted octanol–water partition coefficient (Wildman–Crippen LogP) is 4.34. The monoisotopic (exact) mass is 372 g/mol. The van der Waals surface area contributed by atoms with Gasteiger partial charge >= 0.3 is 0 Å². The molecule has 0 saturated heterocycles. The van der Waals surface area contributed by atoms with Crippen molar-refractivity contribution in [2.45, 2.75) is 44.0 Å². The molecule has 1 aliphatic heterocycles. The van der Waals surface area contributed by atoms with E-state index in [1.807, 2.05) is 37.3 Å². The first-order valence-electron chi connectivity index (χ1n) is 9.26. The highest BCUT2D eigenvalue weighted by Crippen LogP contribution is 2.42. The number of hydrogen-bond acceptors (Lipinski definition) is 3. The van der Waals surface area contributed by atoms with Crippen LogP contribution in [0.4, 0.5) is 5.69 Å². The Morgan fingerprint density at radius 2 is 1.81 bits per heavy atom. The standard InChI is InChI=1S/C21H28N2O2S/c1-5-6-9-14-22(3)21-17-10-7-8-11-19(17)23(4)26(24,25)20-15-16(2)12-13-18(20)21/h7-8,10-13,15,21H,5-6,9,14H2,1-4H3. The third-order valence-electron chi connectivity index (χ3n) is 5.23. The highest BCUT2D eigenvalue weighted by molar-refractivity contribution is 7.92. The zero-order valence-electron chi connectivity index (χ0n) is 16.1. The first-order valence-corrected chi connectivity index (χ1v) is 10.7. The van der Waals surface area contributed by atoms with Crippen LogP contribution in [0.3, 0.4) is 0 Å². The van der Waals surface area contributed by atoms with Crippen molar-refractivity contribution in [3.63, 3.8) is 0 Å². The summed E-state index contributed by atoms with van der Waals surface area (Å²) in [6.07, 6.45) is 3.45. The van der Waals surface area contributed by atoms with Gasteiger partial charge in [0.25, 0.3) is 10.0 Å². The average molecular weight is 373 g/mol. The summed E-state index contributed by atoms with van der Waals surface area (Å²) in [6.45, 7) is 5.07. The van der Waals surface area contributed by atoms with E-state index in [4.69, 9.17) is 0 Å². The number of aryl methyl sites for hydroxylation is 1. The van der Waals surface area contributed by atoms with E-state index < -0.39 is 10.0 Å². The molecule has 0 bridgehead atoms. The minimum absolute atomic E-state index is 0.0709. The molecule has 0 radical (unpaired) electrons. The molecule has 0 amide bonds. The normalized spacial score (nSPS) is 18.3. The second kappa shape index (κ2) is 7.41. The summed E-state index contributed by atoms with van der Waals surface area (Å²) >= 11 is 0. The van der Waals surface area contributed by atoms with Crippen LogP contribution < -0.4 is 4.31 Å². The molecule has 1 unspecified atom stereocenters. The van der Waals surface area contributed by atoms with Crippen molar-refractivity contribution in [3.05, 3.63) is 59.2 Å². The minimum Gasteiger partial charge on any atom is -0.295 e. The summed E-state index contributed by atoms with van der Waals surface area (Å²) in [5.41, 5.74) is 3.62. The van der Waals surface area contributed by atoms with Crippen LogP contribution in [0.15, 0.2) is 47.4 Å². The fraction of sp³-hybridized carbons (Fsp3) is 0.429. The second-order valence-corrected chi connectivity index (χ2v) is 9.10. The number of sulfonamides is 1. The Morgan fingerprint density at radius 3 is 2.54 bits per heavy atom. The van der Waals surface area contributed by atoms with Crippen LogP contribution in [0.2, 0.25) is 0 Å².